The van der Waals surface area contributed by atoms with E-state index in [1.807, 2.05) is 0 Å². The molecule has 0 amide bonds. The Kier molecular flexibility index (Phi) is 4.73. The Morgan fingerprint density at radius 2 is 1.96 bits per heavy atom. The van der Waals surface area contributed by atoms with Crippen molar-refractivity contribution in [3.05, 3.63) is 47.7 Å². The van der Waals surface area contributed by atoms with Crippen molar-refractivity contribution in [3.63, 3.8) is 0 Å². The zero-order valence-electron chi connectivity index (χ0n) is 12.3. The zero-order valence-corrected chi connectivity index (χ0v) is 12.3. The molecule has 0 fully saturated rings. The number of methoxy groups -OCH3 is 2. The van der Waals surface area contributed by atoms with Gasteiger partial charge >= 0.3 is 12.1 Å². The van der Waals surface area contributed by atoms with E-state index in [0.29, 0.717) is 0 Å². The molecular formula is C15H13F3N2O3. The van der Waals surface area contributed by atoms with Gasteiger partial charge < -0.3 is 14.8 Å². The first-order chi connectivity index (χ1) is 10.9. The number of halogens is 3. The number of alkyl halides is 3. The second-order valence-electron chi connectivity index (χ2n) is 4.43. The number of ether oxygens (including phenoxy) is 2. The highest BCUT2D eigenvalue weighted by atomic mass is 19.4. The minimum absolute atomic E-state index is 0.0950. The highest BCUT2D eigenvalue weighted by Crippen LogP contribution is 2.38. The van der Waals surface area contributed by atoms with Gasteiger partial charge in [-0.1, -0.05) is 0 Å². The third-order valence-corrected chi connectivity index (χ3v) is 2.98. The number of hydrogen-bond acceptors (Lipinski definition) is 5. The molecule has 0 atom stereocenters. The van der Waals surface area contributed by atoms with Gasteiger partial charge in [0, 0.05) is 11.9 Å². The first kappa shape index (κ1) is 16.6. The van der Waals surface area contributed by atoms with Crippen molar-refractivity contribution in [1.82, 2.24) is 4.98 Å². The first-order valence-electron chi connectivity index (χ1n) is 6.42. The average Bonchev–Trinajstić information content (AvgIpc) is 2.54. The summed E-state index contributed by atoms with van der Waals surface area (Å²) in [6.07, 6.45) is -3.17. The van der Waals surface area contributed by atoms with E-state index in [1.165, 1.54) is 37.6 Å². The van der Waals surface area contributed by atoms with Crippen LogP contribution >= 0.6 is 0 Å². The average molecular weight is 326 g/mol. The van der Waals surface area contributed by atoms with Gasteiger partial charge in [0.05, 0.1) is 19.8 Å². The molecule has 0 unspecified atom stereocenters. The summed E-state index contributed by atoms with van der Waals surface area (Å²) in [6.45, 7) is 0. The number of pyridine rings is 1. The van der Waals surface area contributed by atoms with Crippen LogP contribution in [0.25, 0.3) is 0 Å². The molecule has 0 spiro atoms. The predicted octanol–water partition coefficient (Wildman–Crippen LogP) is 3.64. The normalized spacial score (nSPS) is 11.0. The second-order valence-corrected chi connectivity index (χ2v) is 4.43. The van der Waals surface area contributed by atoms with Crippen LogP contribution in [0.3, 0.4) is 0 Å². The molecule has 0 aliphatic carbocycles. The number of aromatic nitrogens is 1. The summed E-state index contributed by atoms with van der Waals surface area (Å²) >= 11 is 0. The van der Waals surface area contributed by atoms with E-state index in [4.69, 9.17) is 4.74 Å². The Balaban J connectivity index is 2.40. The maximum Gasteiger partial charge on any atom is 0.420 e. The minimum Gasteiger partial charge on any atom is -0.496 e. The van der Waals surface area contributed by atoms with E-state index >= 15 is 0 Å². The Morgan fingerprint density at radius 3 is 2.57 bits per heavy atom. The van der Waals surface area contributed by atoms with Crippen LogP contribution in [-0.2, 0) is 10.9 Å². The number of nitrogens with zero attached hydrogens (tertiary/aromatic N) is 1. The van der Waals surface area contributed by atoms with Gasteiger partial charge in [0.25, 0.3) is 0 Å². The molecule has 2 aromatic rings. The van der Waals surface area contributed by atoms with Crippen LogP contribution in [0.2, 0.25) is 0 Å². The lowest BCUT2D eigenvalue weighted by molar-refractivity contribution is -0.138. The molecule has 5 nitrogen and oxygen atoms in total. The van der Waals surface area contributed by atoms with Crippen molar-refractivity contribution in [2.75, 3.05) is 19.5 Å². The number of anilines is 2. The SMILES string of the molecule is COC(=O)c1cccnc1Nc1ccc(OC)c(C(F)(F)F)c1. The molecule has 122 valence electrons. The van der Waals surface area contributed by atoms with Crippen LogP contribution in [0.5, 0.6) is 5.75 Å². The predicted molar refractivity (Wildman–Crippen MR) is 76.9 cm³/mol. The summed E-state index contributed by atoms with van der Waals surface area (Å²) in [5.41, 5.74) is -0.707. The lowest BCUT2D eigenvalue weighted by atomic mass is 10.1. The molecule has 8 heteroatoms. The molecule has 2 rings (SSSR count). The lowest BCUT2D eigenvalue weighted by Crippen LogP contribution is -2.10. The highest BCUT2D eigenvalue weighted by molar-refractivity contribution is 5.95. The Hall–Kier alpha value is -2.77. The fourth-order valence-electron chi connectivity index (χ4n) is 1.92. The Bertz CT molecular complexity index is 717. The maximum absolute atomic E-state index is 13.0. The fourth-order valence-corrected chi connectivity index (χ4v) is 1.92. The summed E-state index contributed by atoms with van der Waals surface area (Å²) in [5.74, 6) is -0.847. The number of hydrogen-bond donors (Lipinski definition) is 1. The number of rotatable bonds is 4. The van der Waals surface area contributed by atoms with Crippen molar-refractivity contribution < 1.29 is 27.4 Å². The van der Waals surface area contributed by atoms with E-state index in [1.54, 1.807) is 0 Å². The molecule has 1 heterocycles. The molecule has 0 saturated carbocycles. The topological polar surface area (TPSA) is 60.5 Å². The molecule has 0 radical (unpaired) electrons. The zero-order chi connectivity index (χ0) is 17.0. The number of esters is 1. The van der Waals surface area contributed by atoms with Crippen LogP contribution in [0, 0.1) is 0 Å². The van der Waals surface area contributed by atoms with Gasteiger partial charge in [-0.25, -0.2) is 9.78 Å². The van der Waals surface area contributed by atoms with E-state index in [0.717, 1.165) is 13.2 Å². The van der Waals surface area contributed by atoms with E-state index in [2.05, 4.69) is 15.0 Å². The smallest absolute Gasteiger partial charge is 0.420 e. The molecule has 23 heavy (non-hydrogen) atoms. The first-order valence-corrected chi connectivity index (χ1v) is 6.42. The van der Waals surface area contributed by atoms with Gasteiger partial charge in [-0.15, -0.1) is 0 Å². The standard InChI is InChI=1S/C15H13F3N2O3/c1-22-12-6-5-9(8-11(12)15(16,17)18)20-13-10(14(21)23-2)4-3-7-19-13/h3-8H,1-2H3,(H,19,20). The van der Waals surface area contributed by atoms with Gasteiger partial charge in [0.15, 0.2) is 0 Å². The molecular weight excluding hydrogens is 313 g/mol. The van der Waals surface area contributed by atoms with E-state index in [-0.39, 0.29) is 22.8 Å². The van der Waals surface area contributed by atoms with Crippen molar-refractivity contribution in [3.8, 4) is 5.75 Å². The molecule has 1 aromatic carbocycles. The maximum atomic E-state index is 13.0. The van der Waals surface area contributed by atoms with Gasteiger partial charge in [-0.05, 0) is 30.3 Å². The molecule has 0 aliphatic rings. The molecule has 0 aliphatic heterocycles. The molecule has 0 bridgehead atoms. The number of nitrogens with one attached hydrogen (secondary N) is 1. The molecule has 1 N–H and O–H groups in total. The van der Waals surface area contributed by atoms with Gasteiger partial charge in [0.2, 0.25) is 0 Å². The van der Waals surface area contributed by atoms with Crippen LogP contribution in [0.1, 0.15) is 15.9 Å². The summed E-state index contributed by atoms with van der Waals surface area (Å²) in [4.78, 5) is 15.6. The Morgan fingerprint density at radius 1 is 1.22 bits per heavy atom. The summed E-state index contributed by atoms with van der Waals surface area (Å²) < 4.78 is 48.4. The second kappa shape index (κ2) is 6.55. The lowest BCUT2D eigenvalue weighted by Gasteiger charge is -2.15. The van der Waals surface area contributed by atoms with Crippen LogP contribution in [-0.4, -0.2) is 25.2 Å². The van der Waals surface area contributed by atoms with Crippen LogP contribution in [0.15, 0.2) is 36.5 Å². The minimum atomic E-state index is -4.57. The van der Waals surface area contributed by atoms with E-state index in [9.17, 15) is 18.0 Å². The number of carbonyl (C=O) groups excluding carboxylic acids is 1. The monoisotopic (exact) mass is 326 g/mol. The molecule has 1 aromatic heterocycles. The van der Waals surface area contributed by atoms with Crippen LogP contribution < -0.4 is 10.1 Å². The fraction of sp³-hybridized carbons (Fsp3) is 0.200. The van der Waals surface area contributed by atoms with Crippen LogP contribution in [0.4, 0.5) is 24.7 Å². The number of benzene rings is 1. The summed E-state index contributed by atoms with van der Waals surface area (Å²) in [7, 11) is 2.36. The van der Waals surface area contributed by atoms with Crippen molar-refractivity contribution >= 4 is 17.5 Å². The molecule has 0 saturated heterocycles. The van der Waals surface area contributed by atoms with Crippen molar-refractivity contribution in [2.24, 2.45) is 0 Å². The Labute approximate surface area is 130 Å². The van der Waals surface area contributed by atoms with Crippen molar-refractivity contribution in [1.29, 1.82) is 0 Å². The summed E-state index contributed by atoms with van der Waals surface area (Å²) in [5, 5.41) is 2.68. The highest BCUT2D eigenvalue weighted by Gasteiger charge is 2.34. The van der Waals surface area contributed by atoms with Gasteiger partial charge in [0.1, 0.15) is 17.1 Å². The van der Waals surface area contributed by atoms with Gasteiger partial charge in [-0.3, -0.25) is 0 Å². The van der Waals surface area contributed by atoms with Gasteiger partial charge in [-0.2, -0.15) is 13.2 Å². The number of carbonyl (C=O) groups is 1. The van der Waals surface area contributed by atoms with Crippen molar-refractivity contribution in [2.45, 2.75) is 6.18 Å². The third-order valence-electron chi connectivity index (χ3n) is 2.98. The third kappa shape index (κ3) is 3.71. The largest absolute Gasteiger partial charge is 0.496 e. The van der Waals surface area contributed by atoms with E-state index < -0.39 is 17.7 Å². The summed E-state index contributed by atoms with van der Waals surface area (Å²) in [6, 6.07) is 6.44. The quantitative estimate of drug-likeness (QED) is 0.869.